The summed E-state index contributed by atoms with van der Waals surface area (Å²) < 4.78 is 5.00. The highest BCUT2D eigenvalue weighted by Gasteiger charge is 2.17. The first-order valence-corrected chi connectivity index (χ1v) is 5.56. The Morgan fingerprint density at radius 3 is 2.47 bits per heavy atom. The summed E-state index contributed by atoms with van der Waals surface area (Å²) in [6, 6.07) is -0.336. The zero-order valence-corrected chi connectivity index (χ0v) is 10.2. The lowest BCUT2D eigenvalue weighted by Gasteiger charge is -2.19. The average Bonchev–Trinajstić information content (AvgIpc) is 2.15. The topological polar surface area (TPSA) is 64.3 Å². The molecule has 0 aromatic heterocycles. The lowest BCUT2D eigenvalue weighted by atomic mass is 10.0. The Morgan fingerprint density at radius 1 is 1.47 bits per heavy atom. The van der Waals surface area contributed by atoms with Crippen LogP contribution >= 0.6 is 0 Å². The predicted octanol–water partition coefficient (Wildman–Crippen LogP) is 0.901. The molecule has 0 saturated heterocycles. The fourth-order valence-electron chi connectivity index (χ4n) is 1.39. The SMILES string of the molecule is CCC(COC)NC(=O)C(N)CC(C)C. The van der Waals surface area contributed by atoms with Crippen molar-refractivity contribution in [2.45, 2.75) is 45.7 Å². The second-order valence-corrected chi connectivity index (χ2v) is 4.31. The summed E-state index contributed by atoms with van der Waals surface area (Å²) in [4.78, 5) is 11.6. The Balaban J connectivity index is 3.98. The molecule has 0 aromatic rings. The van der Waals surface area contributed by atoms with E-state index in [0.717, 1.165) is 12.8 Å². The van der Waals surface area contributed by atoms with E-state index in [2.05, 4.69) is 19.2 Å². The van der Waals surface area contributed by atoms with Gasteiger partial charge in [-0.3, -0.25) is 4.79 Å². The minimum absolute atomic E-state index is 0.0701. The normalized spacial score (nSPS) is 15.1. The number of hydrogen-bond donors (Lipinski definition) is 2. The average molecular weight is 216 g/mol. The highest BCUT2D eigenvalue weighted by Crippen LogP contribution is 2.03. The van der Waals surface area contributed by atoms with Gasteiger partial charge in [-0.05, 0) is 18.8 Å². The van der Waals surface area contributed by atoms with Gasteiger partial charge in [0.15, 0.2) is 0 Å². The van der Waals surface area contributed by atoms with E-state index in [1.807, 2.05) is 6.92 Å². The van der Waals surface area contributed by atoms with Crippen molar-refractivity contribution in [2.75, 3.05) is 13.7 Å². The van der Waals surface area contributed by atoms with Gasteiger partial charge in [0.1, 0.15) is 0 Å². The second kappa shape index (κ2) is 7.65. The molecule has 0 aliphatic heterocycles. The van der Waals surface area contributed by atoms with E-state index in [0.29, 0.717) is 12.5 Å². The number of nitrogens with one attached hydrogen (secondary N) is 1. The number of hydrogen-bond acceptors (Lipinski definition) is 3. The molecule has 0 bridgehead atoms. The number of amides is 1. The van der Waals surface area contributed by atoms with Crippen molar-refractivity contribution < 1.29 is 9.53 Å². The molecule has 2 atom stereocenters. The molecule has 0 heterocycles. The summed E-state index contributed by atoms with van der Waals surface area (Å²) in [5.41, 5.74) is 5.76. The van der Waals surface area contributed by atoms with E-state index in [-0.39, 0.29) is 11.9 Å². The third-order valence-corrected chi connectivity index (χ3v) is 2.27. The van der Waals surface area contributed by atoms with Crippen molar-refractivity contribution in [3.05, 3.63) is 0 Å². The van der Waals surface area contributed by atoms with E-state index in [1.54, 1.807) is 7.11 Å². The van der Waals surface area contributed by atoms with Gasteiger partial charge in [-0.25, -0.2) is 0 Å². The molecule has 2 unspecified atom stereocenters. The minimum Gasteiger partial charge on any atom is -0.383 e. The first-order chi connectivity index (χ1) is 7.01. The number of carbonyl (C=O) groups is 1. The Morgan fingerprint density at radius 2 is 2.07 bits per heavy atom. The molecule has 4 nitrogen and oxygen atoms in total. The molecule has 4 heteroatoms. The lowest BCUT2D eigenvalue weighted by Crippen LogP contribution is -2.47. The van der Waals surface area contributed by atoms with Gasteiger partial charge in [-0.15, -0.1) is 0 Å². The van der Waals surface area contributed by atoms with E-state index in [4.69, 9.17) is 10.5 Å². The summed E-state index contributed by atoms with van der Waals surface area (Å²) in [5.74, 6) is 0.362. The summed E-state index contributed by atoms with van der Waals surface area (Å²) >= 11 is 0. The van der Waals surface area contributed by atoms with Crippen LogP contribution in [0.25, 0.3) is 0 Å². The van der Waals surface area contributed by atoms with Crippen molar-refractivity contribution >= 4 is 5.91 Å². The quantitative estimate of drug-likeness (QED) is 0.664. The van der Waals surface area contributed by atoms with Gasteiger partial charge < -0.3 is 15.8 Å². The monoisotopic (exact) mass is 216 g/mol. The van der Waals surface area contributed by atoms with Crippen molar-refractivity contribution in [1.29, 1.82) is 0 Å². The summed E-state index contributed by atoms with van der Waals surface area (Å²) in [6.45, 7) is 6.66. The molecule has 0 radical (unpaired) electrons. The Kier molecular flexibility index (Phi) is 7.34. The molecule has 0 fully saturated rings. The molecule has 90 valence electrons. The molecule has 0 aliphatic rings. The standard InChI is InChI=1S/C11H24N2O2/c1-5-9(7-15-4)13-11(14)10(12)6-8(2)3/h8-10H,5-7,12H2,1-4H3,(H,13,14). The number of rotatable bonds is 7. The molecule has 0 aliphatic carbocycles. The highest BCUT2D eigenvalue weighted by atomic mass is 16.5. The van der Waals surface area contributed by atoms with Crippen molar-refractivity contribution in [2.24, 2.45) is 11.7 Å². The van der Waals surface area contributed by atoms with Gasteiger partial charge in [0, 0.05) is 7.11 Å². The number of carbonyl (C=O) groups excluding carboxylic acids is 1. The zero-order chi connectivity index (χ0) is 11.8. The number of methoxy groups -OCH3 is 1. The smallest absolute Gasteiger partial charge is 0.237 e. The van der Waals surface area contributed by atoms with Crippen LogP contribution in [-0.2, 0) is 9.53 Å². The molecule has 0 aromatic carbocycles. The lowest BCUT2D eigenvalue weighted by molar-refractivity contribution is -0.123. The number of ether oxygens (including phenoxy) is 1. The molecule has 0 saturated carbocycles. The molecule has 0 spiro atoms. The van der Waals surface area contributed by atoms with E-state index >= 15 is 0 Å². The highest BCUT2D eigenvalue weighted by molar-refractivity contribution is 5.81. The third kappa shape index (κ3) is 6.47. The maximum Gasteiger partial charge on any atom is 0.237 e. The fourth-order valence-corrected chi connectivity index (χ4v) is 1.39. The maximum absolute atomic E-state index is 11.6. The van der Waals surface area contributed by atoms with Crippen LogP contribution < -0.4 is 11.1 Å². The van der Waals surface area contributed by atoms with Gasteiger partial charge in [0.25, 0.3) is 0 Å². The van der Waals surface area contributed by atoms with E-state index in [1.165, 1.54) is 0 Å². The molecule has 3 N–H and O–H groups in total. The third-order valence-electron chi connectivity index (χ3n) is 2.27. The first-order valence-electron chi connectivity index (χ1n) is 5.56. The summed E-state index contributed by atoms with van der Waals surface area (Å²) in [7, 11) is 1.63. The molecule has 0 rings (SSSR count). The largest absolute Gasteiger partial charge is 0.383 e. The van der Waals surface area contributed by atoms with Crippen molar-refractivity contribution in [3.63, 3.8) is 0 Å². The van der Waals surface area contributed by atoms with Crippen LogP contribution in [0.1, 0.15) is 33.6 Å². The van der Waals surface area contributed by atoms with Gasteiger partial charge >= 0.3 is 0 Å². The van der Waals surface area contributed by atoms with Crippen LogP contribution in [0.15, 0.2) is 0 Å². The minimum atomic E-state index is -0.407. The van der Waals surface area contributed by atoms with E-state index < -0.39 is 6.04 Å². The van der Waals surface area contributed by atoms with E-state index in [9.17, 15) is 4.79 Å². The molecular formula is C11H24N2O2. The van der Waals surface area contributed by atoms with Crippen LogP contribution in [0.3, 0.4) is 0 Å². The van der Waals surface area contributed by atoms with Crippen LogP contribution in [0, 0.1) is 5.92 Å². The van der Waals surface area contributed by atoms with Gasteiger partial charge in [-0.1, -0.05) is 20.8 Å². The van der Waals surface area contributed by atoms with Crippen LogP contribution in [0.5, 0.6) is 0 Å². The molecule has 15 heavy (non-hydrogen) atoms. The van der Waals surface area contributed by atoms with Crippen molar-refractivity contribution in [3.8, 4) is 0 Å². The van der Waals surface area contributed by atoms with Crippen LogP contribution in [0.4, 0.5) is 0 Å². The fraction of sp³-hybridized carbons (Fsp3) is 0.909. The molecule has 1 amide bonds. The summed E-state index contributed by atoms with van der Waals surface area (Å²) in [6.07, 6.45) is 1.57. The van der Waals surface area contributed by atoms with Gasteiger partial charge in [0.2, 0.25) is 5.91 Å². The Bertz CT molecular complexity index is 183. The van der Waals surface area contributed by atoms with Gasteiger partial charge in [-0.2, -0.15) is 0 Å². The second-order valence-electron chi connectivity index (χ2n) is 4.31. The summed E-state index contributed by atoms with van der Waals surface area (Å²) in [5, 5.41) is 2.88. The Labute approximate surface area is 92.6 Å². The van der Waals surface area contributed by atoms with Crippen LogP contribution in [-0.4, -0.2) is 31.7 Å². The first kappa shape index (κ1) is 14.4. The van der Waals surface area contributed by atoms with Crippen molar-refractivity contribution in [1.82, 2.24) is 5.32 Å². The maximum atomic E-state index is 11.6. The molecular weight excluding hydrogens is 192 g/mol. The van der Waals surface area contributed by atoms with Gasteiger partial charge in [0.05, 0.1) is 18.7 Å². The zero-order valence-electron chi connectivity index (χ0n) is 10.2. The Hall–Kier alpha value is -0.610. The predicted molar refractivity (Wildman–Crippen MR) is 61.5 cm³/mol. The van der Waals surface area contributed by atoms with Crippen LogP contribution in [0.2, 0.25) is 0 Å². The number of nitrogens with two attached hydrogens (primary N) is 1.